The van der Waals surface area contributed by atoms with Gasteiger partial charge in [0.1, 0.15) is 5.01 Å². The highest BCUT2D eigenvalue weighted by Crippen LogP contribution is 2.30. The van der Waals surface area contributed by atoms with E-state index in [2.05, 4.69) is 37.6 Å². The number of benzene rings is 2. The summed E-state index contributed by atoms with van der Waals surface area (Å²) in [5, 5.41) is 13.4. The molecule has 3 N–H and O–H groups in total. The van der Waals surface area contributed by atoms with Crippen LogP contribution in [0, 0.1) is 0 Å². The van der Waals surface area contributed by atoms with Crippen LogP contribution in [0.2, 0.25) is 0 Å². The van der Waals surface area contributed by atoms with Crippen LogP contribution in [0.15, 0.2) is 65.8 Å². The van der Waals surface area contributed by atoms with Crippen molar-refractivity contribution in [2.75, 3.05) is 5.32 Å². The van der Waals surface area contributed by atoms with Gasteiger partial charge in [-0.2, -0.15) is 0 Å². The second kappa shape index (κ2) is 8.78. The average molecular weight is 441 g/mol. The van der Waals surface area contributed by atoms with Crippen LogP contribution in [0.4, 0.5) is 10.8 Å². The van der Waals surface area contributed by atoms with E-state index < -0.39 is 0 Å². The molecule has 0 radical (unpaired) electrons. The lowest BCUT2D eigenvalue weighted by Crippen LogP contribution is -2.06. The lowest BCUT2D eigenvalue weighted by molar-refractivity contribution is 0.0992. The highest BCUT2D eigenvalue weighted by molar-refractivity contribution is 7.18. The normalized spacial score (nSPS) is 12.0. The van der Waals surface area contributed by atoms with Crippen molar-refractivity contribution in [1.29, 1.82) is 0 Å². The zero-order chi connectivity index (χ0) is 21.9. The number of carbonyl (C=O) groups excluding carboxylic acids is 1. The molecule has 1 aliphatic heterocycles. The van der Waals surface area contributed by atoms with Crippen molar-refractivity contribution in [2.24, 2.45) is 10.7 Å². The molecule has 158 valence electrons. The van der Waals surface area contributed by atoms with Crippen LogP contribution in [0.5, 0.6) is 0 Å². The fourth-order valence-corrected chi connectivity index (χ4v) is 4.27. The number of nitrogens with zero attached hydrogens (tertiary/aromatic N) is 4. The monoisotopic (exact) mass is 440 g/mol. The van der Waals surface area contributed by atoms with Gasteiger partial charge < -0.3 is 11.1 Å². The highest BCUT2D eigenvalue weighted by Gasteiger charge is 2.12. The molecule has 3 heterocycles. The summed E-state index contributed by atoms with van der Waals surface area (Å²) in [6, 6.07) is 17.5. The summed E-state index contributed by atoms with van der Waals surface area (Å²) < 4.78 is 0. The van der Waals surface area contributed by atoms with Gasteiger partial charge in [0, 0.05) is 42.2 Å². The molecular weight excluding hydrogens is 420 g/mol. The SMILES string of the molecule is NCc1ccc(C(=O)Cc2cccc(-c3nnc(Nc4ccc5c(c4)C=NC5)s3)c2)cn1. The molecule has 1 aliphatic rings. The first-order valence-electron chi connectivity index (χ1n) is 10.2. The van der Waals surface area contributed by atoms with E-state index in [0.717, 1.165) is 39.6 Å². The van der Waals surface area contributed by atoms with Gasteiger partial charge in [0.15, 0.2) is 5.78 Å². The first-order chi connectivity index (χ1) is 15.7. The Kier molecular flexibility index (Phi) is 5.53. The van der Waals surface area contributed by atoms with Gasteiger partial charge in [-0.25, -0.2) is 0 Å². The van der Waals surface area contributed by atoms with E-state index in [1.54, 1.807) is 18.3 Å². The maximum atomic E-state index is 12.6. The molecule has 0 bridgehead atoms. The quantitative estimate of drug-likeness (QED) is 0.418. The third-order valence-electron chi connectivity index (χ3n) is 5.21. The third kappa shape index (κ3) is 4.32. The topological polar surface area (TPSA) is 106 Å². The zero-order valence-electron chi connectivity index (χ0n) is 17.2. The van der Waals surface area contributed by atoms with E-state index in [0.29, 0.717) is 17.2 Å². The number of ketones is 1. The van der Waals surface area contributed by atoms with E-state index in [1.807, 2.05) is 36.5 Å². The molecule has 2 aromatic carbocycles. The van der Waals surface area contributed by atoms with Crippen molar-refractivity contribution in [3.8, 4) is 10.6 Å². The number of carbonyl (C=O) groups is 1. The molecule has 0 fully saturated rings. The second-order valence-electron chi connectivity index (χ2n) is 7.46. The molecule has 5 rings (SSSR count). The van der Waals surface area contributed by atoms with Crippen LogP contribution in [0.25, 0.3) is 10.6 Å². The Labute approximate surface area is 189 Å². The minimum Gasteiger partial charge on any atom is -0.330 e. The zero-order valence-corrected chi connectivity index (χ0v) is 18.0. The number of anilines is 2. The summed E-state index contributed by atoms with van der Waals surface area (Å²) in [5.74, 6) is 0.0120. The fraction of sp³-hybridized carbons (Fsp3) is 0.125. The largest absolute Gasteiger partial charge is 0.330 e. The third-order valence-corrected chi connectivity index (χ3v) is 6.10. The van der Waals surface area contributed by atoms with E-state index in [4.69, 9.17) is 5.73 Å². The Morgan fingerprint density at radius 2 is 2.03 bits per heavy atom. The van der Waals surface area contributed by atoms with Crippen molar-refractivity contribution in [1.82, 2.24) is 15.2 Å². The predicted octanol–water partition coefficient (Wildman–Crippen LogP) is 4.16. The summed E-state index contributed by atoms with van der Waals surface area (Å²) >= 11 is 1.47. The van der Waals surface area contributed by atoms with Crippen LogP contribution < -0.4 is 11.1 Å². The Bertz CT molecular complexity index is 1310. The average Bonchev–Trinajstić information content (AvgIpc) is 3.48. The first kappa shape index (κ1) is 20.2. The van der Waals surface area contributed by atoms with Crippen molar-refractivity contribution >= 4 is 34.2 Å². The van der Waals surface area contributed by atoms with Crippen molar-refractivity contribution in [3.63, 3.8) is 0 Å². The molecule has 2 aromatic heterocycles. The molecule has 7 nitrogen and oxygen atoms in total. The van der Waals surface area contributed by atoms with Crippen LogP contribution in [0.3, 0.4) is 0 Å². The lowest BCUT2D eigenvalue weighted by Gasteiger charge is -2.05. The molecule has 32 heavy (non-hydrogen) atoms. The molecule has 0 amide bonds. The number of aromatic nitrogens is 3. The molecule has 0 saturated carbocycles. The highest BCUT2D eigenvalue weighted by atomic mass is 32.1. The number of nitrogens with one attached hydrogen (secondary N) is 1. The van der Waals surface area contributed by atoms with Crippen LogP contribution >= 0.6 is 11.3 Å². The molecule has 4 aromatic rings. The van der Waals surface area contributed by atoms with Gasteiger partial charge in [-0.1, -0.05) is 35.6 Å². The van der Waals surface area contributed by atoms with Crippen LogP contribution in [0.1, 0.15) is 32.7 Å². The maximum absolute atomic E-state index is 12.6. The van der Waals surface area contributed by atoms with Crippen molar-refractivity contribution < 1.29 is 4.79 Å². The van der Waals surface area contributed by atoms with Crippen molar-refractivity contribution in [2.45, 2.75) is 19.5 Å². The van der Waals surface area contributed by atoms with E-state index in [1.165, 1.54) is 16.9 Å². The molecule has 0 atom stereocenters. The number of Topliss-reactive ketones (excluding diaryl/α,β-unsaturated/α-hetero) is 1. The number of nitrogens with two attached hydrogens (primary N) is 1. The summed E-state index contributed by atoms with van der Waals surface area (Å²) in [6.45, 7) is 1.10. The lowest BCUT2D eigenvalue weighted by atomic mass is 10.0. The number of hydrogen-bond donors (Lipinski definition) is 2. The molecular formula is C24H20N6OS. The minimum absolute atomic E-state index is 0.0120. The Balaban J connectivity index is 1.29. The predicted molar refractivity (Wildman–Crippen MR) is 127 cm³/mol. The summed E-state index contributed by atoms with van der Waals surface area (Å²) in [6.07, 6.45) is 3.77. The molecule has 0 spiro atoms. The Hall–Kier alpha value is -3.75. The van der Waals surface area contributed by atoms with Gasteiger partial charge in [-0.15, -0.1) is 10.2 Å². The van der Waals surface area contributed by atoms with Gasteiger partial charge in [0.2, 0.25) is 5.13 Å². The second-order valence-corrected chi connectivity index (χ2v) is 8.44. The van der Waals surface area contributed by atoms with Crippen LogP contribution in [-0.4, -0.2) is 27.2 Å². The number of fused-ring (bicyclic) bond motifs is 1. The van der Waals surface area contributed by atoms with Gasteiger partial charge in [-0.3, -0.25) is 14.8 Å². The number of hydrogen-bond acceptors (Lipinski definition) is 8. The number of pyridine rings is 1. The number of rotatable bonds is 7. The Morgan fingerprint density at radius 3 is 2.88 bits per heavy atom. The molecule has 0 aliphatic carbocycles. The van der Waals surface area contributed by atoms with E-state index in [-0.39, 0.29) is 12.2 Å². The summed E-state index contributed by atoms with van der Waals surface area (Å²) in [4.78, 5) is 21.1. The molecule has 0 unspecified atom stereocenters. The summed E-state index contributed by atoms with van der Waals surface area (Å²) in [5.41, 5.74) is 12.1. The molecule has 0 saturated heterocycles. The van der Waals surface area contributed by atoms with Gasteiger partial charge in [0.05, 0.1) is 12.2 Å². The number of aliphatic imine (C=N–C) groups is 1. The van der Waals surface area contributed by atoms with Gasteiger partial charge >= 0.3 is 0 Å². The van der Waals surface area contributed by atoms with E-state index >= 15 is 0 Å². The fourth-order valence-electron chi connectivity index (χ4n) is 3.51. The van der Waals surface area contributed by atoms with Gasteiger partial charge in [0.25, 0.3) is 0 Å². The minimum atomic E-state index is 0.0120. The van der Waals surface area contributed by atoms with Crippen LogP contribution in [-0.2, 0) is 19.5 Å². The maximum Gasteiger partial charge on any atom is 0.210 e. The molecule has 8 heteroatoms. The smallest absolute Gasteiger partial charge is 0.210 e. The Morgan fingerprint density at radius 1 is 1.09 bits per heavy atom. The first-order valence-corrected chi connectivity index (χ1v) is 11.0. The summed E-state index contributed by atoms with van der Waals surface area (Å²) in [7, 11) is 0. The van der Waals surface area contributed by atoms with E-state index in [9.17, 15) is 4.79 Å². The standard InChI is InChI=1S/C24H20N6OS/c25-11-21-7-5-18(14-27-21)22(31)9-15-2-1-3-16(8-15)23-29-30-24(32-23)28-20-6-4-17-12-26-13-19(17)10-20/h1-8,10,13-14H,9,11-12,25H2,(H,28,30). The van der Waals surface area contributed by atoms with Gasteiger partial charge in [-0.05, 0) is 47.0 Å². The van der Waals surface area contributed by atoms with Crippen molar-refractivity contribution in [3.05, 3.63) is 88.7 Å².